The van der Waals surface area contributed by atoms with Crippen LogP contribution in [0.2, 0.25) is 0 Å². The van der Waals surface area contributed by atoms with Crippen molar-refractivity contribution < 1.29 is 9.31 Å². The van der Waals surface area contributed by atoms with Gasteiger partial charge in [-0.05, 0) is 11.1 Å². The number of benzene rings is 2. The molecule has 2 unspecified atom stereocenters. The maximum atomic E-state index is 6.11. The number of hydrogen-bond donors (Lipinski definition) is 0. The average molecular weight is 323 g/mol. The highest BCUT2D eigenvalue weighted by Crippen LogP contribution is 2.11. The van der Waals surface area contributed by atoms with E-state index >= 15 is 0 Å². The maximum Gasteiger partial charge on any atom is 0.440 e. The Labute approximate surface area is 136 Å². The van der Waals surface area contributed by atoms with E-state index in [9.17, 15) is 0 Å². The van der Waals surface area contributed by atoms with Crippen molar-refractivity contribution in [2.24, 2.45) is 0 Å². The molecule has 0 heterocycles. The zero-order valence-electron chi connectivity index (χ0n) is 11.6. The zero-order valence-corrected chi connectivity index (χ0v) is 13.1. The summed E-state index contributed by atoms with van der Waals surface area (Å²) in [6.45, 7) is 0. The van der Waals surface area contributed by atoms with Gasteiger partial charge in [0.05, 0.1) is 0 Å². The van der Waals surface area contributed by atoms with Gasteiger partial charge in [-0.25, -0.2) is 0 Å². The van der Waals surface area contributed by atoms with E-state index in [-0.39, 0.29) is 7.69 Å². The van der Waals surface area contributed by atoms with Gasteiger partial charge in [0.15, 0.2) is 0 Å². The highest BCUT2D eigenvalue weighted by atomic mass is 35.5. The van der Waals surface area contributed by atoms with Crippen molar-refractivity contribution >= 4 is 30.9 Å². The second-order valence-corrected chi connectivity index (χ2v) is 5.62. The van der Waals surface area contributed by atoms with Gasteiger partial charge in [0, 0.05) is 12.8 Å². The molecule has 2 atom stereocenters. The first-order chi connectivity index (χ1) is 10.2. The molecule has 0 aliphatic rings. The maximum absolute atomic E-state index is 6.11. The van der Waals surface area contributed by atoms with Crippen molar-refractivity contribution in [3.8, 4) is 0 Å². The zero-order chi connectivity index (χ0) is 14.9. The molecule has 2 aromatic rings. The Morgan fingerprint density at radius 2 is 1.10 bits per heavy atom. The first-order valence-electron chi connectivity index (χ1n) is 6.83. The normalized spacial score (nSPS) is 13.6. The number of alkyl halides is 2. The highest BCUT2D eigenvalue weighted by Gasteiger charge is 2.11. The first-order valence-corrected chi connectivity index (χ1v) is 7.70. The summed E-state index contributed by atoms with van der Waals surface area (Å²) in [5.41, 5.74) is 1.41. The van der Waals surface area contributed by atoms with Crippen molar-refractivity contribution in [3.05, 3.63) is 71.8 Å². The second-order valence-electron chi connectivity index (χ2n) is 4.65. The van der Waals surface area contributed by atoms with E-state index in [4.69, 9.17) is 32.5 Å². The van der Waals surface area contributed by atoms with Gasteiger partial charge in [-0.15, -0.1) is 0 Å². The SMILES string of the molecule is ClC(Cc1ccccc1)OBOC(Cl)Cc1ccccc1. The van der Waals surface area contributed by atoms with E-state index in [2.05, 4.69) is 0 Å². The van der Waals surface area contributed by atoms with Crippen LogP contribution in [0.4, 0.5) is 0 Å². The van der Waals surface area contributed by atoms with Gasteiger partial charge < -0.3 is 9.31 Å². The van der Waals surface area contributed by atoms with Crippen LogP contribution in [0.5, 0.6) is 0 Å². The molecular formula is C16H17BCl2O2. The summed E-state index contributed by atoms with van der Waals surface area (Å²) in [6, 6.07) is 19.9. The Hall–Kier alpha value is -0.995. The van der Waals surface area contributed by atoms with Crippen LogP contribution in [0.1, 0.15) is 11.1 Å². The first kappa shape index (κ1) is 16.4. The van der Waals surface area contributed by atoms with E-state index in [0.717, 1.165) is 11.1 Å². The molecule has 0 saturated carbocycles. The molecule has 2 nitrogen and oxygen atoms in total. The van der Waals surface area contributed by atoms with Crippen molar-refractivity contribution in [1.29, 1.82) is 0 Å². The molecule has 0 aromatic heterocycles. The lowest BCUT2D eigenvalue weighted by Gasteiger charge is -2.14. The highest BCUT2D eigenvalue weighted by molar-refractivity contribution is 6.27. The third-order valence-electron chi connectivity index (χ3n) is 2.98. The van der Waals surface area contributed by atoms with Crippen LogP contribution in [0.3, 0.4) is 0 Å². The van der Waals surface area contributed by atoms with Crippen LogP contribution >= 0.6 is 23.2 Å². The minimum absolute atomic E-state index is 0.0853. The van der Waals surface area contributed by atoms with E-state index < -0.39 is 11.1 Å². The molecule has 0 aliphatic carbocycles. The summed E-state index contributed by atoms with van der Waals surface area (Å²) in [6.07, 6.45) is 1.27. The fraction of sp³-hybridized carbons (Fsp3) is 0.250. The Morgan fingerprint density at radius 3 is 1.48 bits per heavy atom. The van der Waals surface area contributed by atoms with Crippen LogP contribution in [-0.4, -0.2) is 18.8 Å². The molecule has 110 valence electrons. The summed E-state index contributed by atoms with van der Waals surface area (Å²) in [5.74, 6) is 0. The van der Waals surface area contributed by atoms with Crippen molar-refractivity contribution in [3.63, 3.8) is 0 Å². The summed E-state index contributed by atoms with van der Waals surface area (Å²) < 4.78 is 10.8. The molecule has 0 radical (unpaired) electrons. The van der Waals surface area contributed by atoms with Gasteiger partial charge in [0.2, 0.25) is 0 Å². The molecule has 0 N–H and O–H groups in total. The molecule has 5 heteroatoms. The third-order valence-corrected chi connectivity index (χ3v) is 3.54. The van der Waals surface area contributed by atoms with Crippen molar-refractivity contribution in [2.45, 2.75) is 24.0 Å². The molecule has 0 spiro atoms. The lowest BCUT2D eigenvalue weighted by atomic mass is 10.1. The summed E-state index contributed by atoms with van der Waals surface area (Å²) in [7, 11) is 0.0853. The summed E-state index contributed by atoms with van der Waals surface area (Å²) >= 11 is 12.2. The van der Waals surface area contributed by atoms with Gasteiger partial charge in [-0.3, -0.25) is 0 Å². The van der Waals surface area contributed by atoms with E-state index in [1.807, 2.05) is 60.7 Å². The van der Waals surface area contributed by atoms with Crippen molar-refractivity contribution in [2.75, 3.05) is 0 Å². The average Bonchev–Trinajstić information content (AvgIpc) is 2.49. The van der Waals surface area contributed by atoms with Crippen LogP contribution in [0.15, 0.2) is 60.7 Å². The van der Waals surface area contributed by atoms with Crippen LogP contribution in [-0.2, 0) is 22.2 Å². The smallest absolute Gasteiger partial charge is 0.397 e. The molecule has 0 amide bonds. The van der Waals surface area contributed by atoms with Gasteiger partial charge in [0.25, 0.3) is 0 Å². The molecule has 21 heavy (non-hydrogen) atoms. The minimum Gasteiger partial charge on any atom is -0.397 e. The lowest BCUT2D eigenvalue weighted by molar-refractivity contribution is 0.188. The Balaban J connectivity index is 1.64. The van der Waals surface area contributed by atoms with Crippen molar-refractivity contribution in [1.82, 2.24) is 0 Å². The van der Waals surface area contributed by atoms with E-state index in [1.165, 1.54) is 0 Å². The van der Waals surface area contributed by atoms with E-state index in [1.54, 1.807) is 0 Å². The van der Waals surface area contributed by atoms with Gasteiger partial charge in [-0.1, -0.05) is 83.9 Å². The number of rotatable bonds is 8. The lowest BCUT2D eigenvalue weighted by Crippen LogP contribution is -2.19. The van der Waals surface area contributed by atoms with Crippen LogP contribution in [0, 0.1) is 0 Å². The standard InChI is InChI=1S/C16H17BCl2O2/c18-15(11-13-7-3-1-4-8-13)20-17-21-16(19)12-14-9-5-2-6-10-14/h1-10,15-17H,11-12H2. The van der Waals surface area contributed by atoms with Crippen LogP contribution < -0.4 is 0 Å². The van der Waals surface area contributed by atoms with Gasteiger partial charge in [0.1, 0.15) is 11.1 Å². The molecule has 0 fully saturated rings. The molecule has 0 bridgehead atoms. The summed E-state index contributed by atoms with van der Waals surface area (Å²) in [5, 5.41) is 0. The largest absolute Gasteiger partial charge is 0.440 e. The van der Waals surface area contributed by atoms with Crippen LogP contribution in [0.25, 0.3) is 0 Å². The Bertz CT molecular complexity index is 463. The minimum atomic E-state index is -0.423. The van der Waals surface area contributed by atoms with Gasteiger partial charge in [-0.2, -0.15) is 0 Å². The number of halogens is 2. The Morgan fingerprint density at radius 1 is 0.714 bits per heavy atom. The fourth-order valence-corrected chi connectivity index (χ4v) is 2.36. The third kappa shape index (κ3) is 6.53. The molecular weight excluding hydrogens is 306 g/mol. The molecule has 2 aromatic carbocycles. The molecule has 2 rings (SSSR count). The second kappa shape index (κ2) is 9.11. The topological polar surface area (TPSA) is 18.5 Å². The monoisotopic (exact) mass is 322 g/mol. The number of hydrogen-bond acceptors (Lipinski definition) is 2. The van der Waals surface area contributed by atoms with E-state index in [0.29, 0.717) is 12.8 Å². The fourth-order valence-electron chi connectivity index (χ4n) is 1.90. The molecule has 0 aliphatic heterocycles. The quantitative estimate of drug-likeness (QED) is 0.542. The predicted octanol–water partition coefficient (Wildman–Crippen LogP) is 3.90. The van der Waals surface area contributed by atoms with Gasteiger partial charge >= 0.3 is 7.69 Å². The molecule has 0 saturated heterocycles. The Kier molecular flexibility index (Phi) is 7.10. The predicted molar refractivity (Wildman–Crippen MR) is 88.9 cm³/mol. The summed E-state index contributed by atoms with van der Waals surface area (Å²) in [4.78, 5) is 0.